The molecule has 3 aromatic carbocycles. The summed E-state index contributed by atoms with van der Waals surface area (Å²) in [5.74, 6) is 0.536. The number of ether oxygens (including phenoxy) is 2. The Morgan fingerprint density at radius 1 is 1.12 bits per heavy atom. The zero-order chi connectivity index (χ0) is 24.7. The van der Waals surface area contributed by atoms with Crippen LogP contribution in [0.3, 0.4) is 0 Å². The number of rotatable bonds is 8. The molecule has 0 saturated heterocycles. The van der Waals surface area contributed by atoms with E-state index in [2.05, 4.69) is 53.3 Å². The van der Waals surface area contributed by atoms with E-state index in [0.29, 0.717) is 45.5 Å². The third-order valence-electron chi connectivity index (χ3n) is 4.75. The summed E-state index contributed by atoms with van der Waals surface area (Å²) in [7, 11) is 0. The number of aryl methyl sites for hydroxylation is 2. The fourth-order valence-electron chi connectivity index (χ4n) is 3.46. The Bertz CT molecular complexity index is 1260. The highest BCUT2D eigenvalue weighted by Crippen LogP contribution is 2.38. The van der Waals surface area contributed by atoms with Gasteiger partial charge in [-0.15, -0.1) is 0 Å². The van der Waals surface area contributed by atoms with Crippen molar-refractivity contribution in [2.24, 2.45) is 0 Å². The minimum absolute atomic E-state index is 0.0572. The molecule has 7 heteroatoms. The zero-order valence-corrected chi connectivity index (χ0v) is 21.5. The molecule has 0 unspecified atom stereocenters. The van der Waals surface area contributed by atoms with Crippen LogP contribution in [0.2, 0.25) is 5.02 Å². The molecule has 3 aromatic rings. The van der Waals surface area contributed by atoms with Crippen LogP contribution in [0.25, 0.3) is 6.08 Å². The molecule has 0 bridgehead atoms. The van der Waals surface area contributed by atoms with Crippen LogP contribution in [0, 0.1) is 25.2 Å². The lowest BCUT2D eigenvalue weighted by Gasteiger charge is -2.15. The second-order valence-corrected chi connectivity index (χ2v) is 8.97. The standard InChI is InChI=1S/C27H24BrClN2O3/c1-4-33-25-13-19(11-21(15-30)27(32)31-23-7-5-6-22(29)14-23)12-24(28)26(25)34-16-20-9-17(2)8-18(3)10-20/h5-14H,4,16H2,1-3H3,(H,31,32)/b21-11+. The molecule has 0 radical (unpaired) electrons. The van der Waals surface area contributed by atoms with Crippen molar-refractivity contribution in [3.8, 4) is 17.6 Å². The van der Waals surface area contributed by atoms with Crippen LogP contribution >= 0.6 is 27.5 Å². The van der Waals surface area contributed by atoms with E-state index in [1.807, 2.05) is 13.0 Å². The van der Waals surface area contributed by atoms with Crippen LogP contribution in [-0.4, -0.2) is 12.5 Å². The third-order valence-corrected chi connectivity index (χ3v) is 5.58. The minimum atomic E-state index is -0.533. The van der Waals surface area contributed by atoms with E-state index in [0.717, 1.165) is 5.56 Å². The molecule has 0 aromatic heterocycles. The van der Waals surface area contributed by atoms with E-state index in [4.69, 9.17) is 21.1 Å². The van der Waals surface area contributed by atoms with Gasteiger partial charge in [-0.2, -0.15) is 5.26 Å². The quantitative estimate of drug-likeness (QED) is 0.242. The Balaban J connectivity index is 1.86. The fraction of sp³-hybridized carbons (Fsp3) is 0.185. The van der Waals surface area contributed by atoms with E-state index in [-0.39, 0.29) is 5.57 Å². The molecule has 0 fully saturated rings. The topological polar surface area (TPSA) is 71.3 Å². The van der Waals surface area contributed by atoms with E-state index < -0.39 is 5.91 Å². The van der Waals surface area contributed by atoms with Crippen LogP contribution in [0.5, 0.6) is 11.5 Å². The maximum Gasteiger partial charge on any atom is 0.266 e. The van der Waals surface area contributed by atoms with Crippen LogP contribution < -0.4 is 14.8 Å². The smallest absolute Gasteiger partial charge is 0.266 e. The molecule has 0 aliphatic rings. The minimum Gasteiger partial charge on any atom is -0.490 e. The number of hydrogen-bond donors (Lipinski definition) is 1. The Kier molecular flexibility index (Phi) is 8.75. The van der Waals surface area contributed by atoms with Crippen LogP contribution in [0.1, 0.15) is 29.2 Å². The van der Waals surface area contributed by atoms with Gasteiger partial charge in [0, 0.05) is 10.7 Å². The lowest BCUT2D eigenvalue weighted by molar-refractivity contribution is -0.112. The number of carbonyl (C=O) groups is 1. The van der Waals surface area contributed by atoms with Crippen molar-refractivity contribution in [1.82, 2.24) is 0 Å². The summed E-state index contributed by atoms with van der Waals surface area (Å²) < 4.78 is 12.5. The first-order valence-electron chi connectivity index (χ1n) is 10.6. The molecule has 1 N–H and O–H groups in total. The molecule has 0 saturated carbocycles. The lowest BCUT2D eigenvalue weighted by Crippen LogP contribution is -2.13. The Hall–Kier alpha value is -3.27. The molecule has 0 spiro atoms. The predicted molar refractivity (Wildman–Crippen MR) is 139 cm³/mol. The molecular formula is C27H24BrClN2O3. The molecule has 0 atom stereocenters. The van der Waals surface area contributed by atoms with Gasteiger partial charge in [0.1, 0.15) is 18.2 Å². The van der Waals surface area contributed by atoms with Crippen molar-refractivity contribution < 1.29 is 14.3 Å². The van der Waals surface area contributed by atoms with E-state index in [1.165, 1.54) is 17.2 Å². The van der Waals surface area contributed by atoms with Crippen molar-refractivity contribution in [3.05, 3.63) is 91.9 Å². The molecule has 1 amide bonds. The Labute approximate surface area is 213 Å². The Morgan fingerprint density at radius 2 is 1.85 bits per heavy atom. The molecule has 5 nitrogen and oxygen atoms in total. The summed E-state index contributed by atoms with van der Waals surface area (Å²) >= 11 is 9.52. The molecular weight excluding hydrogens is 516 g/mol. The van der Waals surface area contributed by atoms with Crippen molar-refractivity contribution >= 4 is 45.2 Å². The van der Waals surface area contributed by atoms with Gasteiger partial charge < -0.3 is 14.8 Å². The number of carbonyl (C=O) groups excluding carboxylic acids is 1. The van der Waals surface area contributed by atoms with Crippen LogP contribution in [0.4, 0.5) is 5.69 Å². The van der Waals surface area contributed by atoms with Gasteiger partial charge in [-0.05, 0) is 84.2 Å². The number of hydrogen-bond acceptors (Lipinski definition) is 4. The highest BCUT2D eigenvalue weighted by atomic mass is 79.9. The van der Waals surface area contributed by atoms with Gasteiger partial charge in [0.15, 0.2) is 11.5 Å². The number of halogens is 2. The molecule has 34 heavy (non-hydrogen) atoms. The van der Waals surface area contributed by atoms with Gasteiger partial charge in [0.2, 0.25) is 0 Å². The zero-order valence-electron chi connectivity index (χ0n) is 19.1. The van der Waals surface area contributed by atoms with Crippen molar-refractivity contribution in [3.63, 3.8) is 0 Å². The van der Waals surface area contributed by atoms with Gasteiger partial charge in [0.05, 0.1) is 11.1 Å². The highest BCUT2D eigenvalue weighted by molar-refractivity contribution is 9.10. The summed E-state index contributed by atoms with van der Waals surface area (Å²) in [6, 6.07) is 18.5. The van der Waals surface area contributed by atoms with Gasteiger partial charge >= 0.3 is 0 Å². The SMILES string of the molecule is CCOc1cc(/C=C(\C#N)C(=O)Nc2cccc(Cl)c2)cc(Br)c1OCc1cc(C)cc(C)c1. The van der Waals surface area contributed by atoms with E-state index in [1.54, 1.807) is 36.4 Å². The maximum atomic E-state index is 12.6. The van der Waals surface area contributed by atoms with Crippen LogP contribution in [-0.2, 0) is 11.4 Å². The monoisotopic (exact) mass is 538 g/mol. The van der Waals surface area contributed by atoms with Crippen molar-refractivity contribution in [2.75, 3.05) is 11.9 Å². The summed E-state index contributed by atoms with van der Waals surface area (Å²) in [4.78, 5) is 12.6. The summed E-state index contributed by atoms with van der Waals surface area (Å²) in [5.41, 5.74) is 4.46. The van der Waals surface area contributed by atoms with Crippen molar-refractivity contribution in [2.45, 2.75) is 27.4 Å². The first-order valence-corrected chi connectivity index (χ1v) is 11.8. The van der Waals surface area contributed by atoms with Gasteiger partial charge in [0.25, 0.3) is 5.91 Å². The number of nitrogens with one attached hydrogen (secondary N) is 1. The number of nitrogens with zero attached hydrogens (tertiary/aromatic N) is 1. The lowest BCUT2D eigenvalue weighted by atomic mass is 10.1. The van der Waals surface area contributed by atoms with E-state index in [9.17, 15) is 10.1 Å². The summed E-state index contributed by atoms with van der Waals surface area (Å²) in [5, 5.41) is 12.7. The first-order chi connectivity index (χ1) is 16.3. The highest BCUT2D eigenvalue weighted by Gasteiger charge is 2.15. The fourth-order valence-corrected chi connectivity index (χ4v) is 4.23. The average molecular weight is 540 g/mol. The second-order valence-electron chi connectivity index (χ2n) is 7.68. The van der Waals surface area contributed by atoms with E-state index >= 15 is 0 Å². The Morgan fingerprint density at radius 3 is 2.50 bits per heavy atom. The molecule has 0 heterocycles. The van der Waals surface area contributed by atoms with Gasteiger partial charge in [-0.1, -0.05) is 47.0 Å². The van der Waals surface area contributed by atoms with Gasteiger partial charge in [-0.25, -0.2) is 0 Å². The largest absolute Gasteiger partial charge is 0.490 e. The summed E-state index contributed by atoms with van der Waals surface area (Å²) in [6.45, 7) is 6.79. The van der Waals surface area contributed by atoms with Gasteiger partial charge in [-0.3, -0.25) is 4.79 Å². The maximum absolute atomic E-state index is 12.6. The number of anilines is 1. The van der Waals surface area contributed by atoms with Crippen LogP contribution in [0.15, 0.2) is 64.6 Å². The number of benzene rings is 3. The van der Waals surface area contributed by atoms with Crippen molar-refractivity contribution in [1.29, 1.82) is 5.26 Å². The second kappa shape index (κ2) is 11.7. The molecule has 174 valence electrons. The number of nitriles is 1. The first kappa shape index (κ1) is 25.4. The average Bonchev–Trinajstić information content (AvgIpc) is 2.76. The molecule has 0 aliphatic heterocycles. The normalized spacial score (nSPS) is 11.0. The predicted octanol–water partition coefficient (Wildman–Crippen LogP) is 7.24. The molecule has 3 rings (SSSR count). The molecule has 0 aliphatic carbocycles. The number of amides is 1. The summed E-state index contributed by atoms with van der Waals surface area (Å²) in [6.07, 6.45) is 1.50. The third kappa shape index (κ3) is 6.86.